The van der Waals surface area contributed by atoms with E-state index in [0.29, 0.717) is 31.6 Å². The summed E-state index contributed by atoms with van der Waals surface area (Å²) in [6, 6.07) is 17.3. The molecule has 3 rings (SSSR count). The number of aryl methyl sites for hydroxylation is 2. The molecule has 7 nitrogen and oxygen atoms in total. The quantitative estimate of drug-likeness (QED) is 0.164. The van der Waals surface area contributed by atoms with E-state index in [9.17, 15) is 23.5 Å². The van der Waals surface area contributed by atoms with Gasteiger partial charge in [-0.15, -0.1) is 0 Å². The maximum absolute atomic E-state index is 14.0. The SMILES string of the molecule is CCCN(CCC)C(=O)c1cc(C)cc(C(=O)N[C@@H](Cc2cc(F)cc(F)c2)[C@H](O)CNCc2cccc(CCCC#N)c2)c1. The van der Waals surface area contributed by atoms with Crippen molar-refractivity contribution >= 4 is 11.8 Å². The van der Waals surface area contributed by atoms with E-state index in [4.69, 9.17) is 5.26 Å². The Balaban J connectivity index is 1.77. The number of benzene rings is 3. The number of aliphatic hydroxyl groups is 1. The molecule has 0 saturated carbocycles. The first kappa shape index (κ1) is 35.4. The maximum Gasteiger partial charge on any atom is 0.253 e. The van der Waals surface area contributed by atoms with Gasteiger partial charge in [0.15, 0.2) is 0 Å². The second-order valence-electron chi connectivity index (χ2n) is 11.5. The fraction of sp³-hybridized carbons (Fsp3) is 0.417. The van der Waals surface area contributed by atoms with Crippen molar-refractivity contribution in [3.63, 3.8) is 0 Å². The molecule has 0 fully saturated rings. The number of nitriles is 1. The Morgan fingerprint density at radius 1 is 0.933 bits per heavy atom. The highest BCUT2D eigenvalue weighted by molar-refractivity contribution is 6.00. The molecule has 0 bridgehead atoms. The minimum atomic E-state index is -1.10. The summed E-state index contributed by atoms with van der Waals surface area (Å²) in [5, 5.41) is 26.1. The number of carbonyl (C=O) groups is 2. The standard InChI is InChI=1S/C36H44F2N4O3/c1-4-13-42(14-5-2)36(45)30-16-25(3)15-29(21-30)35(44)41-33(20-28-18-31(37)22-32(38)19-28)34(43)24-40-23-27-11-8-10-26(17-27)9-6-7-12-39/h8,10-11,15-19,21-22,33-34,40,43H,4-7,9,13-14,20,23-24H2,1-3H3,(H,41,44)/t33-,34+/m0/s1. The Morgan fingerprint density at radius 3 is 2.27 bits per heavy atom. The smallest absolute Gasteiger partial charge is 0.253 e. The van der Waals surface area contributed by atoms with E-state index in [0.717, 1.165) is 48.4 Å². The van der Waals surface area contributed by atoms with E-state index in [2.05, 4.69) is 16.7 Å². The Bertz CT molecular complexity index is 1450. The van der Waals surface area contributed by atoms with E-state index in [1.54, 1.807) is 23.1 Å². The molecular weight excluding hydrogens is 574 g/mol. The van der Waals surface area contributed by atoms with Crippen LogP contribution in [0.15, 0.2) is 60.7 Å². The van der Waals surface area contributed by atoms with Crippen LogP contribution in [-0.4, -0.2) is 53.6 Å². The zero-order valence-electron chi connectivity index (χ0n) is 26.4. The van der Waals surface area contributed by atoms with Crippen LogP contribution < -0.4 is 10.6 Å². The molecule has 0 saturated heterocycles. The minimum Gasteiger partial charge on any atom is -0.390 e. The molecule has 0 unspecified atom stereocenters. The van der Waals surface area contributed by atoms with Gasteiger partial charge in [0.25, 0.3) is 11.8 Å². The van der Waals surface area contributed by atoms with Crippen molar-refractivity contribution in [2.24, 2.45) is 0 Å². The van der Waals surface area contributed by atoms with E-state index < -0.39 is 29.7 Å². The monoisotopic (exact) mass is 618 g/mol. The lowest BCUT2D eigenvalue weighted by Crippen LogP contribution is -2.48. The van der Waals surface area contributed by atoms with Crippen molar-refractivity contribution < 1.29 is 23.5 Å². The Kier molecular flexibility index (Phi) is 14.1. The number of amides is 2. The summed E-state index contributed by atoms with van der Waals surface area (Å²) in [7, 11) is 0. The number of aliphatic hydroxyl groups excluding tert-OH is 1. The minimum absolute atomic E-state index is 0.0178. The molecule has 0 aliphatic heterocycles. The molecule has 3 N–H and O–H groups in total. The first-order valence-electron chi connectivity index (χ1n) is 15.6. The van der Waals surface area contributed by atoms with Gasteiger partial charge in [-0.3, -0.25) is 9.59 Å². The van der Waals surface area contributed by atoms with Crippen molar-refractivity contribution in [3.05, 3.63) is 106 Å². The number of unbranched alkanes of at least 4 members (excludes halogenated alkanes) is 1. The number of nitrogens with zero attached hydrogens (tertiary/aromatic N) is 2. The van der Waals surface area contributed by atoms with Crippen molar-refractivity contribution in [1.82, 2.24) is 15.5 Å². The van der Waals surface area contributed by atoms with Crippen molar-refractivity contribution in [1.29, 1.82) is 5.26 Å². The summed E-state index contributed by atoms with van der Waals surface area (Å²) in [6.45, 7) is 7.59. The van der Waals surface area contributed by atoms with Gasteiger partial charge in [0, 0.05) is 49.8 Å². The van der Waals surface area contributed by atoms with Gasteiger partial charge in [0.2, 0.25) is 0 Å². The highest BCUT2D eigenvalue weighted by Gasteiger charge is 2.24. The van der Waals surface area contributed by atoms with Gasteiger partial charge < -0.3 is 20.6 Å². The van der Waals surface area contributed by atoms with Crippen LogP contribution in [0.25, 0.3) is 0 Å². The summed E-state index contributed by atoms with van der Waals surface area (Å²) in [4.78, 5) is 28.6. The van der Waals surface area contributed by atoms with Crippen LogP contribution in [-0.2, 0) is 19.4 Å². The Labute approximate surface area is 265 Å². The molecule has 0 aromatic heterocycles. The number of rotatable bonds is 17. The zero-order valence-corrected chi connectivity index (χ0v) is 26.4. The van der Waals surface area contributed by atoms with Gasteiger partial charge in [0.1, 0.15) is 11.6 Å². The first-order chi connectivity index (χ1) is 21.6. The molecule has 2 atom stereocenters. The second-order valence-corrected chi connectivity index (χ2v) is 11.5. The van der Waals surface area contributed by atoms with Crippen LogP contribution >= 0.6 is 0 Å². The lowest BCUT2D eigenvalue weighted by molar-refractivity contribution is 0.0755. The molecule has 3 aromatic rings. The number of hydrogen-bond donors (Lipinski definition) is 3. The van der Waals surface area contributed by atoms with Crippen molar-refractivity contribution in [3.8, 4) is 6.07 Å². The summed E-state index contributed by atoms with van der Waals surface area (Å²) < 4.78 is 28.0. The van der Waals surface area contributed by atoms with E-state index in [1.807, 2.05) is 45.0 Å². The molecule has 240 valence electrons. The van der Waals surface area contributed by atoms with E-state index >= 15 is 0 Å². The van der Waals surface area contributed by atoms with Gasteiger partial charge in [-0.05, 0) is 91.6 Å². The zero-order chi connectivity index (χ0) is 32.8. The molecule has 0 aliphatic rings. The largest absolute Gasteiger partial charge is 0.390 e. The highest BCUT2D eigenvalue weighted by atomic mass is 19.1. The second kappa shape index (κ2) is 18.0. The van der Waals surface area contributed by atoms with Crippen LogP contribution in [0.2, 0.25) is 0 Å². The topological polar surface area (TPSA) is 105 Å². The predicted octanol–water partition coefficient (Wildman–Crippen LogP) is 5.87. The number of halogens is 2. The van der Waals surface area contributed by atoms with Crippen LogP contribution in [0.3, 0.4) is 0 Å². The van der Waals surface area contributed by atoms with Gasteiger partial charge >= 0.3 is 0 Å². The number of carbonyl (C=O) groups excluding carboxylic acids is 2. The van der Waals surface area contributed by atoms with Crippen LogP contribution in [0, 0.1) is 29.9 Å². The molecule has 9 heteroatoms. The summed E-state index contributed by atoms with van der Waals surface area (Å²) in [5.41, 5.74) is 3.81. The Morgan fingerprint density at radius 2 is 1.60 bits per heavy atom. The average Bonchev–Trinajstić information content (AvgIpc) is 2.99. The van der Waals surface area contributed by atoms with Crippen LogP contribution in [0.4, 0.5) is 8.78 Å². The lowest BCUT2D eigenvalue weighted by atomic mass is 9.99. The first-order valence-corrected chi connectivity index (χ1v) is 15.6. The summed E-state index contributed by atoms with van der Waals surface area (Å²) >= 11 is 0. The summed E-state index contributed by atoms with van der Waals surface area (Å²) in [6.07, 6.45) is 2.57. The normalized spacial score (nSPS) is 12.3. The van der Waals surface area contributed by atoms with Gasteiger partial charge in [-0.1, -0.05) is 38.1 Å². The molecule has 0 aliphatic carbocycles. The molecule has 3 aromatic carbocycles. The fourth-order valence-electron chi connectivity index (χ4n) is 5.37. The molecule has 0 radical (unpaired) electrons. The van der Waals surface area contributed by atoms with E-state index in [1.165, 1.54) is 12.1 Å². The highest BCUT2D eigenvalue weighted by Crippen LogP contribution is 2.16. The van der Waals surface area contributed by atoms with Crippen LogP contribution in [0.5, 0.6) is 0 Å². The molecule has 45 heavy (non-hydrogen) atoms. The Hall–Kier alpha value is -4.13. The number of nitrogens with one attached hydrogen (secondary N) is 2. The fourth-order valence-corrected chi connectivity index (χ4v) is 5.37. The van der Waals surface area contributed by atoms with Crippen molar-refractivity contribution in [2.75, 3.05) is 19.6 Å². The third-order valence-corrected chi connectivity index (χ3v) is 7.45. The molecule has 0 spiro atoms. The molecule has 0 heterocycles. The molecular formula is C36H44F2N4O3. The van der Waals surface area contributed by atoms with Gasteiger partial charge in [0.05, 0.1) is 18.2 Å². The summed E-state index contributed by atoms with van der Waals surface area (Å²) in [5.74, 6) is -2.15. The molecule has 2 amide bonds. The van der Waals surface area contributed by atoms with Crippen LogP contribution in [0.1, 0.15) is 82.5 Å². The number of hydrogen-bond acceptors (Lipinski definition) is 5. The van der Waals surface area contributed by atoms with Crippen molar-refractivity contribution in [2.45, 2.75) is 78.0 Å². The third-order valence-electron chi connectivity index (χ3n) is 7.45. The maximum atomic E-state index is 14.0. The average molecular weight is 619 g/mol. The third kappa shape index (κ3) is 11.4. The predicted molar refractivity (Wildman–Crippen MR) is 172 cm³/mol. The van der Waals surface area contributed by atoms with Gasteiger partial charge in [-0.2, -0.15) is 5.26 Å². The lowest BCUT2D eigenvalue weighted by Gasteiger charge is -2.25. The van der Waals surface area contributed by atoms with Gasteiger partial charge in [-0.25, -0.2) is 8.78 Å². The van der Waals surface area contributed by atoms with E-state index in [-0.39, 0.29) is 30.0 Å².